The van der Waals surface area contributed by atoms with Crippen molar-refractivity contribution in [3.05, 3.63) is 40.9 Å². The number of halogens is 1. The Labute approximate surface area is 155 Å². The van der Waals surface area contributed by atoms with Crippen LogP contribution in [0.25, 0.3) is 10.8 Å². The molecule has 5 nitrogen and oxygen atoms in total. The molecule has 0 radical (unpaired) electrons. The molecule has 0 saturated carbocycles. The minimum atomic E-state index is -0.879. The van der Waals surface area contributed by atoms with E-state index in [0.29, 0.717) is 5.75 Å². The molecule has 0 spiro atoms. The quantitative estimate of drug-likeness (QED) is 0.764. The van der Waals surface area contributed by atoms with Gasteiger partial charge >= 0.3 is 5.97 Å². The maximum Gasteiger partial charge on any atom is 0.344 e. The summed E-state index contributed by atoms with van der Waals surface area (Å²) in [5.41, 5.74) is -0.385. The van der Waals surface area contributed by atoms with Crippen LogP contribution in [0.1, 0.15) is 27.7 Å². The van der Waals surface area contributed by atoms with Crippen LogP contribution >= 0.6 is 15.9 Å². The molecule has 2 rings (SSSR count). The number of nitrogens with one attached hydrogen (secondary N) is 1. The summed E-state index contributed by atoms with van der Waals surface area (Å²) in [7, 11) is 0. The molecule has 0 saturated heterocycles. The first-order valence-electron chi connectivity index (χ1n) is 7.99. The van der Waals surface area contributed by atoms with Crippen molar-refractivity contribution in [2.24, 2.45) is 0 Å². The van der Waals surface area contributed by atoms with E-state index in [4.69, 9.17) is 9.47 Å². The number of fused-ring (bicyclic) bond motifs is 1. The molecule has 0 aliphatic rings. The summed E-state index contributed by atoms with van der Waals surface area (Å²) in [6.07, 6.45) is -0.879. The van der Waals surface area contributed by atoms with Gasteiger partial charge in [0, 0.05) is 5.54 Å². The lowest BCUT2D eigenvalue weighted by Gasteiger charge is -2.23. The second-order valence-electron chi connectivity index (χ2n) is 6.76. The van der Waals surface area contributed by atoms with Crippen molar-refractivity contribution in [3.63, 3.8) is 0 Å². The smallest absolute Gasteiger partial charge is 0.344 e. The number of esters is 1. The van der Waals surface area contributed by atoms with Gasteiger partial charge in [-0.05, 0) is 60.5 Å². The summed E-state index contributed by atoms with van der Waals surface area (Å²) in [4.78, 5) is 23.9. The molecule has 25 heavy (non-hydrogen) atoms. The molecule has 1 N–H and O–H groups in total. The molecule has 1 atom stereocenters. The molecule has 0 aromatic heterocycles. The van der Waals surface area contributed by atoms with Gasteiger partial charge in [0.25, 0.3) is 5.91 Å². The number of carbonyl (C=O) groups excluding carboxylic acids is 2. The molecule has 0 aliphatic carbocycles. The second kappa shape index (κ2) is 7.87. The fourth-order valence-electron chi connectivity index (χ4n) is 2.22. The van der Waals surface area contributed by atoms with Gasteiger partial charge in [0.05, 0.1) is 4.47 Å². The highest BCUT2D eigenvalue weighted by molar-refractivity contribution is 9.10. The predicted molar refractivity (Wildman–Crippen MR) is 101 cm³/mol. The fraction of sp³-hybridized carbons (Fsp3) is 0.368. The van der Waals surface area contributed by atoms with E-state index < -0.39 is 12.1 Å². The van der Waals surface area contributed by atoms with Crippen LogP contribution in [0.2, 0.25) is 0 Å². The number of rotatable bonds is 5. The van der Waals surface area contributed by atoms with Crippen molar-refractivity contribution in [3.8, 4) is 5.75 Å². The zero-order chi connectivity index (χ0) is 18.6. The maximum atomic E-state index is 11.9. The zero-order valence-corrected chi connectivity index (χ0v) is 16.3. The first kappa shape index (κ1) is 19.2. The van der Waals surface area contributed by atoms with E-state index in [1.54, 1.807) is 6.07 Å². The number of hydrogen-bond donors (Lipinski definition) is 1. The van der Waals surface area contributed by atoms with Gasteiger partial charge in [0.1, 0.15) is 5.75 Å². The molecular weight excluding hydrogens is 386 g/mol. The summed E-state index contributed by atoms with van der Waals surface area (Å²) in [6, 6.07) is 11.5. The molecular formula is C19H22BrNO4. The molecule has 0 bridgehead atoms. The summed E-state index contributed by atoms with van der Waals surface area (Å²) >= 11 is 3.50. The summed E-state index contributed by atoms with van der Waals surface area (Å²) in [5.74, 6) is -0.396. The van der Waals surface area contributed by atoms with Crippen molar-refractivity contribution in [1.82, 2.24) is 5.32 Å². The molecule has 0 aliphatic heterocycles. The Kier molecular flexibility index (Phi) is 6.06. The van der Waals surface area contributed by atoms with E-state index in [2.05, 4.69) is 21.2 Å². The molecule has 0 fully saturated rings. The highest BCUT2D eigenvalue weighted by Crippen LogP contribution is 2.32. The Hall–Kier alpha value is -2.08. The van der Waals surface area contributed by atoms with Gasteiger partial charge in [-0.25, -0.2) is 4.79 Å². The van der Waals surface area contributed by atoms with Crippen molar-refractivity contribution >= 4 is 38.6 Å². The van der Waals surface area contributed by atoms with Gasteiger partial charge in [-0.1, -0.05) is 30.3 Å². The van der Waals surface area contributed by atoms with E-state index >= 15 is 0 Å². The van der Waals surface area contributed by atoms with E-state index in [-0.39, 0.29) is 18.1 Å². The van der Waals surface area contributed by atoms with Crippen molar-refractivity contribution in [1.29, 1.82) is 0 Å². The molecule has 1 amide bonds. The number of ether oxygens (including phenoxy) is 2. The average molecular weight is 408 g/mol. The topological polar surface area (TPSA) is 64.6 Å². The van der Waals surface area contributed by atoms with Crippen LogP contribution in [-0.4, -0.2) is 30.1 Å². The van der Waals surface area contributed by atoms with Gasteiger partial charge in [0.2, 0.25) is 0 Å². The van der Waals surface area contributed by atoms with Gasteiger partial charge in [-0.3, -0.25) is 4.79 Å². The van der Waals surface area contributed by atoms with Crippen LogP contribution in [0.15, 0.2) is 40.9 Å². The zero-order valence-electron chi connectivity index (χ0n) is 14.8. The Morgan fingerprint density at radius 2 is 1.84 bits per heavy atom. The number of carbonyl (C=O) groups is 2. The summed E-state index contributed by atoms with van der Waals surface area (Å²) < 4.78 is 11.4. The van der Waals surface area contributed by atoms with E-state index in [1.165, 1.54) is 6.92 Å². The first-order valence-corrected chi connectivity index (χ1v) is 8.78. The SMILES string of the molecule is C[C@H](OC(=O)COc1ccc2ccccc2c1Br)C(=O)NC(C)(C)C. The number of benzene rings is 2. The molecule has 2 aromatic rings. The monoisotopic (exact) mass is 407 g/mol. The Morgan fingerprint density at radius 1 is 1.16 bits per heavy atom. The minimum Gasteiger partial charge on any atom is -0.481 e. The highest BCUT2D eigenvalue weighted by atomic mass is 79.9. The van der Waals surface area contributed by atoms with Gasteiger partial charge in [-0.15, -0.1) is 0 Å². The van der Waals surface area contributed by atoms with Crippen LogP contribution in [0.5, 0.6) is 5.75 Å². The maximum absolute atomic E-state index is 11.9. The third-order valence-corrected chi connectivity index (χ3v) is 4.17. The molecule has 2 aromatic carbocycles. The summed E-state index contributed by atoms with van der Waals surface area (Å²) in [5, 5.41) is 4.82. The molecule has 6 heteroatoms. The minimum absolute atomic E-state index is 0.274. The third-order valence-electron chi connectivity index (χ3n) is 3.35. The third kappa shape index (κ3) is 5.46. The number of amides is 1. The van der Waals surface area contributed by atoms with E-state index in [9.17, 15) is 9.59 Å². The highest BCUT2D eigenvalue weighted by Gasteiger charge is 2.22. The largest absolute Gasteiger partial charge is 0.481 e. The van der Waals surface area contributed by atoms with Crippen LogP contribution in [0.3, 0.4) is 0 Å². The summed E-state index contributed by atoms with van der Waals surface area (Å²) in [6.45, 7) is 6.84. The van der Waals surface area contributed by atoms with Crippen LogP contribution in [0, 0.1) is 0 Å². The lowest BCUT2D eigenvalue weighted by Crippen LogP contribution is -2.46. The van der Waals surface area contributed by atoms with Gasteiger partial charge in [0.15, 0.2) is 12.7 Å². The van der Waals surface area contributed by atoms with Crippen molar-refractivity contribution in [2.75, 3.05) is 6.61 Å². The lowest BCUT2D eigenvalue weighted by molar-refractivity contribution is -0.157. The van der Waals surface area contributed by atoms with Gasteiger partial charge in [-0.2, -0.15) is 0 Å². The predicted octanol–water partition coefficient (Wildman–Crippen LogP) is 3.83. The Morgan fingerprint density at radius 3 is 2.52 bits per heavy atom. The normalized spacial score (nSPS) is 12.5. The fourth-order valence-corrected chi connectivity index (χ4v) is 2.83. The van der Waals surface area contributed by atoms with Crippen molar-refractivity contribution < 1.29 is 19.1 Å². The average Bonchev–Trinajstić information content (AvgIpc) is 2.53. The molecule has 0 unspecified atom stereocenters. The Bertz CT molecular complexity index is 783. The standard InChI is InChI=1S/C19H22BrNO4/c1-12(18(23)21-19(2,3)4)25-16(22)11-24-15-10-9-13-7-5-6-8-14(13)17(15)20/h5-10,12H,11H2,1-4H3,(H,21,23)/t12-/m0/s1. The number of hydrogen-bond acceptors (Lipinski definition) is 4. The molecule has 0 heterocycles. The second-order valence-corrected chi connectivity index (χ2v) is 7.55. The lowest BCUT2D eigenvalue weighted by atomic mass is 10.1. The van der Waals surface area contributed by atoms with Gasteiger partial charge < -0.3 is 14.8 Å². The van der Waals surface area contributed by atoms with E-state index in [1.807, 2.05) is 51.1 Å². The Balaban J connectivity index is 1.94. The van der Waals surface area contributed by atoms with Crippen molar-refractivity contribution in [2.45, 2.75) is 39.3 Å². The van der Waals surface area contributed by atoms with E-state index in [0.717, 1.165) is 15.2 Å². The molecule has 134 valence electrons. The first-order chi connectivity index (χ1) is 11.7. The van der Waals surface area contributed by atoms with Crippen LogP contribution in [0.4, 0.5) is 0 Å². The van der Waals surface area contributed by atoms with Crippen LogP contribution in [-0.2, 0) is 14.3 Å². The van der Waals surface area contributed by atoms with Crippen LogP contribution < -0.4 is 10.1 Å².